The average Bonchev–Trinajstić information content (AvgIpc) is 3.21. The van der Waals surface area contributed by atoms with Crippen molar-refractivity contribution in [2.45, 2.75) is 26.3 Å². The van der Waals surface area contributed by atoms with Crippen molar-refractivity contribution in [3.05, 3.63) is 48.2 Å². The number of furan rings is 1. The van der Waals surface area contributed by atoms with Gasteiger partial charge in [0.15, 0.2) is 0 Å². The Morgan fingerprint density at radius 3 is 3.08 bits per heavy atom. The van der Waals surface area contributed by atoms with Crippen molar-refractivity contribution in [1.82, 2.24) is 19.7 Å². The summed E-state index contributed by atoms with van der Waals surface area (Å²) in [6.45, 7) is 4.21. The maximum Gasteiger partial charge on any atom is 0.258 e. The largest absolute Gasteiger partial charge is 0.461 e. The Labute approximate surface area is 140 Å². The van der Waals surface area contributed by atoms with Gasteiger partial charge in [-0.2, -0.15) is 5.10 Å². The van der Waals surface area contributed by atoms with Gasteiger partial charge in [-0.1, -0.05) is 18.2 Å². The van der Waals surface area contributed by atoms with Gasteiger partial charge in [-0.15, -0.1) is 0 Å². The molecular weight excluding hydrogens is 304 g/mol. The van der Waals surface area contributed by atoms with Crippen molar-refractivity contribution in [3.8, 4) is 0 Å². The van der Waals surface area contributed by atoms with Crippen molar-refractivity contribution in [1.29, 1.82) is 0 Å². The summed E-state index contributed by atoms with van der Waals surface area (Å²) in [6.07, 6.45) is 5.40. The van der Waals surface area contributed by atoms with Gasteiger partial charge in [-0.3, -0.25) is 9.48 Å². The molecule has 0 bridgehead atoms. The van der Waals surface area contributed by atoms with E-state index in [1.54, 1.807) is 12.7 Å². The summed E-state index contributed by atoms with van der Waals surface area (Å²) in [5.41, 5.74) is 1.47. The summed E-state index contributed by atoms with van der Waals surface area (Å²) < 4.78 is 7.60. The lowest BCUT2D eigenvalue weighted by Crippen LogP contribution is -2.41. The first-order valence-corrected chi connectivity index (χ1v) is 8.32. The van der Waals surface area contributed by atoms with E-state index in [9.17, 15) is 4.79 Å². The Morgan fingerprint density at radius 1 is 1.38 bits per heavy atom. The van der Waals surface area contributed by atoms with Crippen LogP contribution in [0.15, 0.2) is 41.3 Å². The summed E-state index contributed by atoms with van der Waals surface area (Å²) in [7, 11) is 0. The number of nitrogens with zero attached hydrogens (tertiary/aromatic N) is 4. The van der Waals surface area contributed by atoms with Crippen LogP contribution >= 0.6 is 0 Å². The lowest BCUT2D eigenvalue weighted by atomic mass is 9.97. The van der Waals surface area contributed by atoms with Crippen LogP contribution in [0.3, 0.4) is 0 Å². The molecule has 1 aliphatic rings. The van der Waals surface area contributed by atoms with Crippen LogP contribution in [0, 0.1) is 12.8 Å². The molecule has 1 unspecified atom stereocenters. The number of para-hydroxylation sites is 1. The predicted octanol–water partition coefficient (Wildman–Crippen LogP) is 2.89. The van der Waals surface area contributed by atoms with Crippen molar-refractivity contribution < 1.29 is 9.21 Å². The number of likely N-dealkylation sites (tertiary alicyclic amines) is 1. The molecule has 0 saturated carbocycles. The van der Waals surface area contributed by atoms with E-state index in [-0.39, 0.29) is 5.91 Å². The number of rotatable bonds is 3. The molecule has 3 heterocycles. The summed E-state index contributed by atoms with van der Waals surface area (Å²) in [4.78, 5) is 19.0. The van der Waals surface area contributed by atoms with E-state index in [0.717, 1.165) is 43.4 Å². The highest BCUT2D eigenvalue weighted by molar-refractivity contribution is 6.07. The number of carbonyl (C=O) groups excluding carboxylic acids is 1. The van der Waals surface area contributed by atoms with Crippen molar-refractivity contribution in [2.24, 2.45) is 5.92 Å². The summed E-state index contributed by atoms with van der Waals surface area (Å²) in [6, 6.07) is 7.73. The number of hydrogen-bond acceptors (Lipinski definition) is 4. The first-order chi connectivity index (χ1) is 11.7. The van der Waals surface area contributed by atoms with Crippen LogP contribution in [0.5, 0.6) is 0 Å². The van der Waals surface area contributed by atoms with Crippen molar-refractivity contribution in [3.63, 3.8) is 0 Å². The number of benzene rings is 1. The van der Waals surface area contributed by atoms with E-state index < -0.39 is 0 Å². The van der Waals surface area contributed by atoms with E-state index in [1.165, 1.54) is 0 Å². The number of amides is 1. The minimum Gasteiger partial charge on any atom is -0.461 e. The number of aromatic nitrogens is 3. The van der Waals surface area contributed by atoms with Crippen LogP contribution < -0.4 is 0 Å². The van der Waals surface area contributed by atoms with Crippen LogP contribution in [0.25, 0.3) is 11.0 Å². The van der Waals surface area contributed by atoms with E-state index in [0.29, 0.717) is 17.2 Å². The second-order valence-corrected chi connectivity index (χ2v) is 6.41. The van der Waals surface area contributed by atoms with Gasteiger partial charge in [-0.05, 0) is 31.7 Å². The Balaban J connectivity index is 1.56. The topological polar surface area (TPSA) is 64.2 Å². The Kier molecular flexibility index (Phi) is 3.80. The average molecular weight is 324 g/mol. The molecule has 124 valence electrons. The molecule has 24 heavy (non-hydrogen) atoms. The molecule has 0 radical (unpaired) electrons. The number of piperidine rings is 1. The monoisotopic (exact) mass is 324 g/mol. The van der Waals surface area contributed by atoms with Crippen LogP contribution in [0.4, 0.5) is 0 Å². The Bertz CT molecular complexity index is 853. The summed E-state index contributed by atoms with van der Waals surface area (Å²) in [5, 5.41) is 5.07. The molecule has 1 fully saturated rings. The molecular formula is C18H20N4O2. The molecule has 6 heteroatoms. The number of aryl methyl sites for hydroxylation is 1. The highest BCUT2D eigenvalue weighted by Gasteiger charge is 2.28. The molecule has 4 rings (SSSR count). The second kappa shape index (κ2) is 6.11. The van der Waals surface area contributed by atoms with E-state index in [1.807, 2.05) is 40.8 Å². The van der Waals surface area contributed by atoms with Crippen molar-refractivity contribution in [2.75, 3.05) is 13.1 Å². The van der Waals surface area contributed by atoms with Gasteiger partial charge in [0.05, 0.1) is 5.56 Å². The second-order valence-electron chi connectivity index (χ2n) is 6.41. The Morgan fingerprint density at radius 2 is 2.25 bits per heavy atom. The highest BCUT2D eigenvalue weighted by atomic mass is 16.3. The lowest BCUT2D eigenvalue weighted by Gasteiger charge is -2.32. The predicted molar refractivity (Wildman–Crippen MR) is 89.6 cm³/mol. The zero-order valence-corrected chi connectivity index (χ0v) is 13.7. The first kappa shape index (κ1) is 14.9. The van der Waals surface area contributed by atoms with Gasteiger partial charge in [0, 0.05) is 25.0 Å². The molecule has 1 saturated heterocycles. The molecule has 1 amide bonds. The van der Waals surface area contributed by atoms with Crippen LogP contribution in [-0.4, -0.2) is 38.7 Å². The molecule has 6 nitrogen and oxygen atoms in total. The minimum absolute atomic E-state index is 0.0701. The van der Waals surface area contributed by atoms with Crippen LogP contribution in [0.2, 0.25) is 0 Å². The van der Waals surface area contributed by atoms with Gasteiger partial charge in [0.25, 0.3) is 5.91 Å². The molecule has 1 aliphatic heterocycles. The molecule has 0 N–H and O–H groups in total. The number of carbonyl (C=O) groups is 1. The van der Waals surface area contributed by atoms with Gasteiger partial charge in [-0.25, -0.2) is 4.98 Å². The normalized spacial score (nSPS) is 18.2. The summed E-state index contributed by atoms with van der Waals surface area (Å²) in [5.74, 6) is 1.17. The SMILES string of the molecule is Cc1oc2ccccc2c1C(=O)N1CCCC(Cn2cncn2)C1. The molecule has 1 aromatic carbocycles. The third kappa shape index (κ3) is 2.68. The maximum absolute atomic E-state index is 13.1. The summed E-state index contributed by atoms with van der Waals surface area (Å²) >= 11 is 0. The first-order valence-electron chi connectivity index (χ1n) is 8.32. The molecule has 1 atom stereocenters. The lowest BCUT2D eigenvalue weighted by molar-refractivity contribution is 0.0659. The van der Waals surface area contributed by atoms with E-state index in [4.69, 9.17) is 4.42 Å². The van der Waals surface area contributed by atoms with Gasteiger partial charge >= 0.3 is 0 Å². The fourth-order valence-corrected chi connectivity index (χ4v) is 3.58. The fourth-order valence-electron chi connectivity index (χ4n) is 3.58. The zero-order chi connectivity index (χ0) is 16.5. The highest BCUT2D eigenvalue weighted by Crippen LogP contribution is 2.28. The van der Waals surface area contributed by atoms with Gasteiger partial charge in [0.2, 0.25) is 0 Å². The molecule has 0 aliphatic carbocycles. The van der Waals surface area contributed by atoms with E-state index in [2.05, 4.69) is 10.1 Å². The quantitative estimate of drug-likeness (QED) is 0.743. The third-order valence-corrected chi connectivity index (χ3v) is 4.70. The van der Waals surface area contributed by atoms with Gasteiger partial charge < -0.3 is 9.32 Å². The van der Waals surface area contributed by atoms with Gasteiger partial charge in [0.1, 0.15) is 24.0 Å². The molecule has 0 spiro atoms. The molecule has 2 aromatic heterocycles. The zero-order valence-electron chi connectivity index (χ0n) is 13.7. The standard InChI is InChI=1S/C18H20N4O2/c1-13-17(15-6-2-3-7-16(15)24-13)18(23)21-8-4-5-14(9-21)10-22-12-19-11-20-22/h2-3,6-7,11-12,14H,4-5,8-10H2,1H3. The van der Waals surface area contributed by atoms with Crippen molar-refractivity contribution >= 4 is 16.9 Å². The number of fused-ring (bicyclic) bond motifs is 1. The third-order valence-electron chi connectivity index (χ3n) is 4.70. The number of hydrogen-bond donors (Lipinski definition) is 0. The molecule has 3 aromatic rings. The van der Waals surface area contributed by atoms with Crippen LogP contribution in [0.1, 0.15) is 29.0 Å². The smallest absolute Gasteiger partial charge is 0.258 e. The minimum atomic E-state index is 0.0701. The van der Waals surface area contributed by atoms with Crippen LogP contribution in [-0.2, 0) is 6.54 Å². The fraction of sp³-hybridized carbons (Fsp3) is 0.389. The maximum atomic E-state index is 13.1. The Hall–Kier alpha value is -2.63. The van der Waals surface area contributed by atoms with E-state index >= 15 is 0 Å².